The number of halogens is 3. The molecular formula is C13H16Cl3N3-2. The molecule has 0 unspecified atom stereocenters. The Morgan fingerprint density at radius 2 is 1.89 bits per heavy atom. The molecule has 0 spiro atoms. The lowest BCUT2D eigenvalue weighted by Crippen LogP contribution is -3.00. The summed E-state index contributed by atoms with van der Waals surface area (Å²) in [6.07, 6.45) is 6.74. The van der Waals surface area contributed by atoms with Crippen LogP contribution in [0.5, 0.6) is 0 Å². The van der Waals surface area contributed by atoms with Gasteiger partial charge in [0.05, 0.1) is 6.33 Å². The lowest BCUT2D eigenvalue weighted by atomic mass is 10.2. The minimum atomic E-state index is 0. The molecule has 0 aliphatic rings. The predicted octanol–water partition coefficient (Wildman–Crippen LogP) is -3.28. The Morgan fingerprint density at radius 3 is 2.53 bits per heavy atom. The van der Waals surface area contributed by atoms with Gasteiger partial charge in [0.15, 0.2) is 0 Å². The first-order chi connectivity index (χ1) is 8.34. The number of nitrogens with one attached hydrogen (secondary N) is 1. The molecule has 2 rings (SSSR count). The molecule has 1 N–H and O–H groups in total. The fraction of sp³-hybridized carbons (Fsp3) is 0.308. The van der Waals surface area contributed by atoms with Crippen molar-refractivity contribution in [2.45, 2.75) is 19.5 Å². The Hall–Kier alpha value is -0.740. The van der Waals surface area contributed by atoms with Crippen LogP contribution in [0.3, 0.4) is 0 Å². The highest BCUT2D eigenvalue weighted by molar-refractivity contribution is 6.30. The van der Waals surface area contributed by atoms with Crippen LogP contribution in [0.15, 0.2) is 43.0 Å². The zero-order valence-corrected chi connectivity index (χ0v) is 12.7. The van der Waals surface area contributed by atoms with Gasteiger partial charge in [-0.05, 0) is 30.7 Å². The topological polar surface area (TPSA) is 29.9 Å². The number of imidazole rings is 1. The second kappa shape index (κ2) is 10.1. The van der Waals surface area contributed by atoms with E-state index in [1.165, 1.54) is 5.56 Å². The molecule has 0 saturated heterocycles. The van der Waals surface area contributed by atoms with E-state index in [0.29, 0.717) is 0 Å². The molecule has 0 aliphatic carbocycles. The van der Waals surface area contributed by atoms with Crippen molar-refractivity contribution in [2.24, 2.45) is 0 Å². The fourth-order valence-electron chi connectivity index (χ4n) is 1.64. The third-order valence-electron chi connectivity index (χ3n) is 2.57. The highest BCUT2D eigenvalue weighted by Gasteiger charge is 1.93. The molecule has 1 heterocycles. The van der Waals surface area contributed by atoms with E-state index in [0.717, 1.165) is 31.1 Å². The number of rotatable bonds is 6. The Bertz CT molecular complexity index is 429. The molecule has 2 aromatic rings. The van der Waals surface area contributed by atoms with E-state index >= 15 is 0 Å². The summed E-state index contributed by atoms with van der Waals surface area (Å²) in [5.74, 6) is 0. The molecule has 106 valence electrons. The van der Waals surface area contributed by atoms with Crippen molar-refractivity contribution in [3.8, 4) is 0 Å². The lowest BCUT2D eigenvalue weighted by molar-refractivity contribution is -0.00100. The van der Waals surface area contributed by atoms with Crippen LogP contribution in [0.2, 0.25) is 5.02 Å². The summed E-state index contributed by atoms with van der Waals surface area (Å²) in [7, 11) is 0. The number of aryl methyl sites for hydroxylation is 1. The first kappa shape index (κ1) is 18.3. The fourth-order valence-corrected chi connectivity index (χ4v) is 1.77. The highest BCUT2D eigenvalue weighted by atomic mass is 35.5. The standard InChI is InChI=1S/C13H16ClN3.2ClH/c14-13-4-2-12(3-5-13)10-15-6-1-8-17-9-7-16-11-17;;/h2-5,7,9,11,15H,1,6,8,10H2;2*1H/p-2. The third kappa shape index (κ3) is 6.83. The summed E-state index contributed by atoms with van der Waals surface area (Å²) >= 11 is 5.82. The molecule has 19 heavy (non-hydrogen) atoms. The van der Waals surface area contributed by atoms with Crippen molar-refractivity contribution >= 4 is 11.6 Å². The van der Waals surface area contributed by atoms with Crippen molar-refractivity contribution in [3.63, 3.8) is 0 Å². The zero-order valence-electron chi connectivity index (χ0n) is 10.4. The second-order valence-electron chi connectivity index (χ2n) is 3.96. The van der Waals surface area contributed by atoms with Gasteiger partial charge in [-0.1, -0.05) is 23.7 Å². The zero-order chi connectivity index (χ0) is 11.9. The molecule has 3 nitrogen and oxygen atoms in total. The molecule has 6 heteroatoms. The summed E-state index contributed by atoms with van der Waals surface area (Å²) in [5, 5.41) is 4.19. The van der Waals surface area contributed by atoms with Crippen molar-refractivity contribution in [2.75, 3.05) is 6.54 Å². The Morgan fingerprint density at radius 1 is 1.16 bits per heavy atom. The van der Waals surface area contributed by atoms with Crippen LogP contribution in [0.4, 0.5) is 0 Å². The second-order valence-corrected chi connectivity index (χ2v) is 4.39. The maximum atomic E-state index is 5.82. The quantitative estimate of drug-likeness (QED) is 0.566. The van der Waals surface area contributed by atoms with Crippen molar-refractivity contribution in [1.82, 2.24) is 14.9 Å². The van der Waals surface area contributed by atoms with Crippen LogP contribution < -0.4 is 30.1 Å². The van der Waals surface area contributed by atoms with Gasteiger partial charge in [-0.25, -0.2) is 4.98 Å². The molecule has 1 aromatic carbocycles. The van der Waals surface area contributed by atoms with Crippen LogP contribution in [0, 0.1) is 0 Å². The van der Waals surface area contributed by atoms with Crippen LogP contribution in [-0.2, 0) is 13.1 Å². The number of nitrogens with zero attached hydrogens (tertiary/aromatic N) is 2. The number of hydrogen-bond acceptors (Lipinski definition) is 2. The molecule has 0 fully saturated rings. The molecule has 0 radical (unpaired) electrons. The van der Waals surface area contributed by atoms with Crippen molar-refractivity contribution < 1.29 is 24.8 Å². The average molecular weight is 321 g/mol. The highest BCUT2D eigenvalue weighted by Crippen LogP contribution is 2.08. The molecular weight excluding hydrogens is 305 g/mol. The summed E-state index contributed by atoms with van der Waals surface area (Å²) in [6.45, 7) is 2.90. The minimum absolute atomic E-state index is 0. The van der Waals surface area contributed by atoms with E-state index in [4.69, 9.17) is 11.6 Å². The van der Waals surface area contributed by atoms with Gasteiger partial charge >= 0.3 is 0 Å². The van der Waals surface area contributed by atoms with Crippen LogP contribution in [-0.4, -0.2) is 16.1 Å². The van der Waals surface area contributed by atoms with E-state index in [1.54, 1.807) is 6.20 Å². The number of hydrogen-bond donors (Lipinski definition) is 1. The van der Waals surface area contributed by atoms with E-state index in [2.05, 4.69) is 14.9 Å². The molecule has 0 saturated carbocycles. The van der Waals surface area contributed by atoms with Gasteiger partial charge in [-0.2, -0.15) is 0 Å². The summed E-state index contributed by atoms with van der Waals surface area (Å²) in [4.78, 5) is 4.01. The summed E-state index contributed by atoms with van der Waals surface area (Å²) < 4.78 is 2.09. The van der Waals surface area contributed by atoms with Crippen molar-refractivity contribution in [1.29, 1.82) is 0 Å². The Labute approximate surface area is 131 Å². The normalized spacial score (nSPS) is 9.53. The first-order valence-corrected chi connectivity index (χ1v) is 6.13. The predicted molar refractivity (Wildman–Crippen MR) is 70.0 cm³/mol. The monoisotopic (exact) mass is 319 g/mol. The molecule has 0 aliphatic heterocycles. The van der Waals surface area contributed by atoms with Gasteiger partial charge in [0.1, 0.15) is 0 Å². The third-order valence-corrected chi connectivity index (χ3v) is 2.82. The van der Waals surface area contributed by atoms with Crippen LogP contribution in [0.1, 0.15) is 12.0 Å². The maximum Gasteiger partial charge on any atom is 0.0945 e. The minimum Gasteiger partial charge on any atom is -1.00 e. The van der Waals surface area contributed by atoms with E-state index in [-0.39, 0.29) is 24.8 Å². The van der Waals surface area contributed by atoms with Gasteiger partial charge < -0.3 is 34.7 Å². The van der Waals surface area contributed by atoms with E-state index in [1.807, 2.05) is 36.8 Å². The SMILES string of the molecule is Clc1ccc(CNCCCn2ccnc2)cc1.[Cl-].[Cl-]. The van der Waals surface area contributed by atoms with Gasteiger partial charge in [-0.15, -0.1) is 0 Å². The van der Waals surface area contributed by atoms with E-state index in [9.17, 15) is 0 Å². The van der Waals surface area contributed by atoms with Gasteiger partial charge in [0.2, 0.25) is 0 Å². The smallest absolute Gasteiger partial charge is 0.0945 e. The Balaban J connectivity index is 0.00000162. The van der Waals surface area contributed by atoms with Crippen LogP contribution in [0.25, 0.3) is 0 Å². The van der Waals surface area contributed by atoms with Gasteiger partial charge in [-0.3, -0.25) is 0 Å². The number of benzene rings is 1. The molecule has 0 bridgehead atoms. The van der Waals surface area contributed by atoms with Crippen molar-refractivity contribution in [3.05, 3.63) is 53.6 Å². The summed E-state index contributed by atoms with van der Waals surface area (Å²) in [5.41, 5.74) is 1.26. The first-order valence-electron chi connectivity index (χ1n) is 5.75. The largest absolute Gasteiger partial charge is 1.00 e. The summed E-state index contributed by atoms with van der Waals surface area (Å²) in [6, 6.07) is 7.94. The van der Waals surface area contributed by atoms with Crippen LogP contribution >= 0.6 is 11.6 Å². The molecule has 1 aromatic heterocycles. The maximum absolute atomic E-state index is 5.82. The molecule has 0 atom stereocenters. The number of aromatic nitrogens is 2. The van der Waals surface area contributed by atoms with E-state index < -0.39 is 0 Å². The van der Waals surface area contributed by atoms with Gasteiger partial charge in [0.25, 0.3) is 0 Å². The van der Waals surface area contributed by atoms with Gasteiger partial charge in [0, 0.05) is 30.5 Å². The average Bonchev–Trinajstić information content (AvgIpc) is 2.84. The lowest BCUT2D eigenvalue weighted by Gasteiger charge is -2.05. The molecule has 0 amide bonds. The Kier molecular flexibility index (Phi) is 9.70.